The van der Waals surface area contributed by atoms with E-state index < -0.39 is 28.9 Å². The Kier molecular flexibility index (Phi) is 4.49. The van der Waals surface area contributed by atoms with Crippen LogP contribution < -0.4 is 0 Å². The first-order chi connectivity index (χ1) is 9.77. The van der Waals surface area contributed by atoms with E-state index in [9.17, 15) is 22.7 Å². The Balaban J connectivity index is 2.19. The van der Waals surface area contributed by atoms with Crippen LogP contribution in [0, 0.1) is 5.82 Å². The second-order valence-corrected chi connectivity index (χ2v) is 4.78. The van der Waals surface area contributed by atoms with Crippen molar-refractivity contribution in [1.29, 1.82) is 0 Å². The van der Waals surface area contributed by atoms with Gasteiger partial charge in [0.1, 0.15) is 16.7 Å². The Morgan fingerprint density at radius 1 is 1.10 bits per heavy atom. The number of alkyl halides is 3. The normalized spacial score (nSPS) is 13.2. The lowest BCUT2D eigenvalue weighted by Crippen LogP contribution is -2.10. The SMILES string of the molecule is OC(Cc1ccc(F)cc1)c1ccc(C(F)(F)F)nc1Cl. The van der Waals surface area contributed by atoms with Gasteiger partial charge in [0.2, 0.25) is 0 Å². The predicted molar refractivity (Wildman–Crippen MR) is 69.3 cm³/mol. The van der Waals surface area contributed by atoms with Gasteiger partial charge in [0.15, 0.2) is 0 Å². The molecule has 0 spiro atoms. The van der Waals surface area contributed by atoms with Gasteiger partial charge in [-0.2, -0.15) is 13.2 Å². The molecule has 0 aliphatic heterocycles. The molecule has 0 amide bonds. The Hall–Kier alpha value is -1.66. The number of pyridine rings is 1. The number of halogens is 5. The molecule has 0 aliphatic carbocycles. The van der Waals surface area contributed by atoms with Crippen molar-refractivity contribution in [3.8, 4) is 0 Å². The maximum atomic E-state index is 12.8. The molecule has 2 aromatic rings. The monoisotopic (exact) mass is 319 g/mol. The highest BCUT2D eigenvalue weighted by Gasteiger charge is 2.33. The highest BCUT2D eigenvalue weighted by Crippen LogP contribution is 2.31. The van der Waals surface area contributed by atoms with E-state index in [1.54, 1.807) is 0 Å². The van der Waals surface area contributed by atoms with Crippen LogP contribution in [0.5, 0.6) is 0 Å². The van der Waals surface area contributed by atoms with Crippen molar-refractivity contribution in [2.75, 3.05) is 0 Å². The van der Waals surface area contributed by atoms with Gasteiger partial charge in [-0.3, -0.25) is 0 Å². The van der Waals surface area contributed by atoms with E-state index in [4.69, 9.17) is 11.6 Å². The Labute approximate surface area is 123 Å². The number of hydrogen-bond donors (Lipinski definition) is 1. The summed E-state index contributed by atoms with van der Waals surface area (Å²) in [5.74, 6) is -0.414. The molecule has 7 heteroatoms. The highest BCUT2D eigenvalue weighted by atomic mass is 35.5. The summed E-state index contributed by atoms with van der Waals surface area (Å²) >= 11 is 5.69. The van der Waals surface area contributed by atoms with Crippen LogP contribution in [0.1, 0.15) is 22.9 Å². The molecule has 21 heavy (non-hydrogen) atoms. The summed E-state index contributed by atoms with van der Waals surface area (Å²) in [4.78, 5) is 3.24. The summed E-state index contributed by atoms with van der Waals surface area (Å²) in [6, 6.07) is 7.26. The summed E-state index contributed by atoms with van der Waals surface area (Å²) in [5.41, 5.74) is -0.404. The van der Waals surface area contributed by atoms with Gasteiger partial charge in [-0.15, -0.1) is 0 Å². The zero-order valence-electron chi connectivity index (χ0n) is 10.5. The van der Waals surface area contributed by atoms with Gasteiger partial charge in [-0.05, 0) is 23.8 Å². The minimum atomic E-state index is -4.59. The zero-order valence-corrected chi connectivity index (χ0v) is 11.3. The van der Waals surface area contributed by atoms with Crippen LogP contribution in [-0.4, -0.2) is 10.1 Å². The Bertz CT molecular complexity index is 628. The molecule has 0 radical (unpaired) electrons. The molecule has 2 nitrogen and oxygen atoms in total. The van der Waals surface area contributed by atoms with E-state index >= 15 is 0 Å². The predicted octanol–water partition coefficient (Wildman–Crippen LogP) is 4.17. The van der Waals surface area contributed by atoms with Crippen LogP contribution in [0.3, 0.4) is 0 Å². The lowest BCUT2D eigenvalue weighted by atomic mass is 10.0. The first-order valence-corrected chi connectivity index (χ1v) is 6.31. The summed E-state index contributed by atoms with van der Waals surface area (Å²) in [6.07, 6.45) is -5.63. The molecule has 1 heterocycles. The minimum Gasteiger partial charge on any atom is -0.388 e. The number of benzene rings is 1. The molecule has 1 aromatic heterocycles. The second-order valence-electron chi connectivity index (χ2n) is 4.42. The van der Waals surface area contributed by atoms with E-state index in [1.165, 1.54) is 24.3 Å². The van der Waals surface area contributed by atoms with Crippen LogP contribution in [0.15, 0.2) is 36.4 Å². The molecule has 0 aliphatic rings. The van der Waals surface area contributed by atoms with E-state index in [1.807, 2.05) is 0 Å². The molecule has 2 rings (SSSR count). The average molecular weight is 320 g/mol. The van der Waals surface area contributed by atoms with Gasteiger partial charge in [-0.1, -0.05) is 29.8 Å². The van der Waals surface area contributed by atoms with E-state index in [-0.39, 0.29) is 12.0 Å². The van der Waals surface area contributed by atoms with Crippen molar-refractivity contribution in [2.24, 2.45) is 0 Å². The van der Waals surface area contributed by atoms with Crippen LogP contribution in [0.2, 0.25) is 5.15 Å². The van der Waals surface area contributed by atoms with Gasteiger partial charge < -0.3 is 5.11 Å². The van der Waals surface area contributed by atoms with Gasteiger partial charge in [-0.25, -0.2) is 9.37 Å². The maximum absolute atomic E-state index is 12.8. The van der Waals surface area contributed by atoms with Crippen molar-refractivity contribution in [3.05, 3.63) is 64.2 Å². The minimum absolute atomic E-state index is 0.0903. The quantitative estimate of drug-likeness (QED) is 0.680. The first-order valence-electron chi connectivity index (χ1n) is 5.93. The zero-order chi connectivity index (χ0) is 15.6. The topological polar surface area (TPSA) is 33.1 Å². The van der Waals surface area contributed by atoms with Gasteiger partial charge >= 0.3 is 6.18 Å². The third-order valence-corrected chi connectivity index (χ3v) is 3.17. The molecule has 1 N–H and O–H groups in total. The lowest BCUT2D eigenvalue weighted by molar-refractivity contribution is -0.141. The molecule has 1 aromatic carbocycles. The van der Waals surface area contributed by atoms with Crippen LogP contribution in [0.4, 0.5) is 17.6 Å². The van der Waals surface area contributed by atoms with Gasteiger partial charge in [0.05, 0.1) is 6.10 Å². The molecular formula is C14H10ClF4NO. The number of nitrogens with zero attached hydrogens (tertiary/aromatic N) is 1. The molecule has 1 atom stereocenters. The van der Waals surface area contributed by atoms with Crippen molar-refractivity contribution >= 4 is 11.6 Å². The fraction of sp³-hybridized carbons (Fsp3) is 0.214. The van der Waals surface area contributed by atoms with Crippen LogP contribution >= 0.6 is 11.6 Å². The van der Waals surface area contributed by atoms with Crippen molar-refractivity contribution < 1.29 is 22.7 Å². The fourth-order valence-electron chi connectivity index (χ4n) is 1.81. The average Bonchev–Trinajstić information content (AvgIpc) is 2.40. The Morgan fingerprint density at radius 2 is 1.71 bits per heavy atom. The molecule has 112 valence electrons. The summed E-state index contributed by atoms with van der Waals surface area (Å²) in [5, 5.41) is 9.62. The molecule has 0 fully saturated rings. The molecule has 1 unspecified atom stereocenters. The maximum Gasteiger partial charge on any atom is 0.433 e. The van der Waals surface area contributed by atoms with Crippen LogP contribution in [0.25, 0.3) is 0 Å². The summed E-state index contributed by atoms with van der Waals surface area (Å²) < 4.78 is 50.2. The van der Waals surface area contributed by atoms with Crippen molar-refractivity contribution in [2.45, 2.75) is 18.7 Å². The number of aliphatic hydroxyl groups excluding tert-OH is 1. The van der Waals surface area contributed by atoms with E-state index in [2.05, 4.69) is 4.98 Å². The van der Waals surface area contributed by atoms with E-state index in [0.717, 1.165) is 12.1 Å². The number of aromatic nitrogens is 1. The van der Waals surface area contributed by atoms with Crippen molar-refractivity contribution in [1.82, 2.24) is 4.98 Å². The molecule has 0 saturated heterocycles. The van der Waals surface area contributed by atoms with Crippen molar-refractivity contribution in [3.63, 3.8) is 0 Å². The standard InChI is InChI=1S/C14H10ClF4NO/c15-13-10(5-6-12(20-13)14(17,18)19)11(21)7-8-1-3-9(16)4-2-8/h1-6,11,21H,7H2. The Morgan fingerprint density at radius 3 is 2.24 bits per heavy atom. The molecular weight excluding hydrogens is 310 g/mol. The highest BCUT2D eigenvalue weighted by molar-refractivity contribution is 6.30. The van der Waals surface area contributed by atoms with E-state index in [0.29, 0.717) is 5.56 Å². The third kappa shape index (κ3) is 3.92. The molecule has 0 saturated carbocycles. The van der Waals surface area contributed by atoms with Gasteiger partial charge in [0, 0.05) is 12.0 Å². The van der Waals surface area contributed by atoms with Gasteiger partial charge in [0.25, 0.3) is 0 Å². The smallest absolute Gasteiger partial charge is 0.388 e. The number of aliphatic hydroxyl groups is 1. The number of rotatable bonds is 3. The largest absolute Gasteiger partial charge is 0.433 e. The summed E-state index contributed by atoms with van der Waals surface area (Å²) in [6.45, 7) is 0. The summed E-state index contributed by atoms with van der Waals surface area (Å²) in [7, 11) is 0. The second kappa shape index (κ2) is 5.99. The first kappa shape index (κ1) is 15.7. The number of hydrogen-bond acceptors (Lipinski definition) is 2. The fourth-order valence-corrected chi connectivity index (χ4v) is 2.09. The third-order valence-electron chi connectivity index (χ3n) is 2.87. The lowest BCUT2D eigenvalue weighted by Gasteiger charge is -2.14. The van der Waals surface area contributed by atoms with Crippen LogP contribution in [-0.2, 0) is 12.6 Å². The molecule has 0 bridgehead atoms.